The first kappa shape index (κ1) is 28.4. The van der Waals surface area contributed by atoms with Crippen molar-refractivity contribution in [2.45, 2.75) is 116 Å². The van der Waals surface area contributed by atoms with Gasteiger partial charge in [-0.15, -0.1) is 0 Å². The molecule has 0 aromatic rings. The predicted molar refractivity (Wildman–Crippen MR) is 140 cm³/mol. The van der Waals surface area contributed by atoms with E-state index in [4.69, 9.17) is 0 Å². The standard InChI is InChI=1S/C30H50/c1-3-5-7-9-11-13-15-17-19-21-23-25-27-29-30-28-26-24-22-20-18-16-14-12-10-8-6-4-2/h3,5,7,9,11,13,15,17,19,21,23H,1,4,6,8,10,12,14,16,18,20,22,24-30H2,2H3. The van der Waals surface area contributed by atoms with Crippen LogP contribution in [0.2, 0.25) is 0 Å². The van der Waals surface area contributed by atoms with Gasteiger partial charge in [0.2, 0.25) is 0 Å². The highest BCUT2D eigenvalue weighted by atomic mass is 14.0. The smallest absolute Gasteiger partial charge is 0.0348 e. The summed E-state index contributed by atoms with van der Waals surface area (Å²) >= 11 is 0. The first-order valence-corrected chi connectivity index (χ1v) is 12.9. The van der Waals surface area contributed by atoms with Gasteiger partial charge in [-0.1, -0.05) is 177 Å². The molecule has 0 nitrogen and oxygen atoms in total. The second-order valence-corrected chi connectivity index (χ2v) is 8.30. The Kier molecular flexibility index (Phi) is 26.0. The Balaban J connectivity index is 3.25. The van der Waals surface area contributed by atoms with Gasteiger partial charge in [0.15, 0.2) is 0 Å². The summed E-state index contributed by atoms with van der Waals surface area (Å²) in [6, 6.07) is 0. The molecule has 0 aromatic carbocycles. The number of rotatable bonds is 22. The summed E-state index contributed by atoms with van der Waals surface area (Å²) in [5.41, 5.74) is 0. The molecule has 30 heavy (non-hydrogen) atoms. The normalized spacial score (nSPS) is 12.6. The van der Waals surface area contributed by atoms with Crippen LogP contribution in [0.1, 0.15) is 116 Å². The zero-order valence-electron chi connectivity index (χ0n) is 20.1. The molecule has 0 aliphatic heterocycles. The molecular weight excluding hydrogens is 360 g/mol. The number of hydrogen-bond donors (Lipinski definition) is 0. The maximum absolute atomic E-state index is 3.64. The van der Waals surface area contributed by atoms with E-state index in [1.807, 2.05) is 30.4 Å². The second kappa shape index (κ2) is 27.4. The van der Waals surface area contributed by atoms with Crippen LogP contribution in [0.15, 0.2) is 73.4 Å². The minimum Gasteiger partial charge on any atom is -0.0991 e. The third-order valence-electron chi connectivity index (χ3n) is 5.39. The van der Waals surface area contributed by atoms with E-state index in [0.29, 0.717) is 0 Å². The van der Waals surface area contributed by atoms with Gasteiger partial charge in [0.05, 0.1) is 0 Å². The van der Waals surface area contributed by atoms with Crippen molar-refractivity contribution in [3.05, 3.63) is 73.4 Å². The van der Waals surface area contributed by atoms with E-state index in [-0.39, 0.29) is 0 Å². The van der Waals surface area contributed by atoms with Crippen molar-refractivity contribution in [2.75, 3.05) is 0 Å². The van der Waals surface area contributed by atoms with E-state index in [2.05, 4.69) is 43.9 Å². The predicted octanol–water partition coefficient (Wildman–Crippen LogP) is 10.6. The Bertz CT molecular complexity index is 472. The van der Waals surface area contributed by atoms with Crippen molar-refractivity contribution in [3.63, 3.8) is 0 Å². The van der Waals surface area contributed by atoms with Gasteiger partial charge in [-0.25, -0.2) is 0 Å². The second-order valence-electron chi connectivity index (χ2n) is 8.30. The SMILES string of the molecule is C=CC=CC=CC=CC=CC=CCCCCCCCCCCCCCCCCCC. The lowest BCUT2D eigenvalue weighted by Gasteiger charge is -2.03. The van der Waals surface area contributed by atoms with Crippen molar-refractivity contribution in [1.29, 1.82) is 0 Å². The highest BCUT2D eigenvalue weighted by Gasteiger charge is 1.94. The van der Waals surface area contributed by atoms with Gasteiger partial charge in [0.1, 0.15) is 0 Å². The molecule has 0 bridgehead atoms. The molecule has 0 radical (unpaired) electrons. The lowest BCUT2D eigenvalue weighted by molar-refractivity contribution is 0.530. The fourth-order valence-electron chi connectivity index (χ4n) is 3.51. The largest absolute Gasteiger partial charge is 0.0991 e. The Labute approximate surface area is 189 Å². The van der Waals surface area contributed by atoms with Crippen LogP contribution in [-0.4, -0.2) is 0 Å². The molecule has 0 amide bonds. The van der Waals surface area contributed by atoms with Crippen LogP contribution in [0.5, 0.6) is 0 Å². The van der Waals surface area contributed by atoms with Crippen LogP contribution in [-0.2, 0) is 0 Å². The van der Waals surface area contributed by atoms with Gasteiger partial charge >= 0.3 is 0 Å². The maximum atomic E-state index is 3.64. The highest BCUT2D eigenvalue weighted by molar-refractivity contribution is 5.18. The van der Waals surface area contributed by atoms with Crippen LogP contribution in [0.25, 0.3) is 0 Å². The monoisotopic (exact) mass is 410 g/mol. The third-order valence-corrected chi connectivity index (χ3v) is 5.39. The Hall–Kier alpha value is -1.56. The topological polar surface area (TPSA) is 0 Å². The molecule has 0 aliphatic rings. The molecule has 0 unspecified atom stereocenters. The van der Waals surface area contributed by atoms with Gasteiger partial charge < -0.3 is 0 Å². The molecule has 0 saturated carbocycles. The van der Waals surface area contributed by atoms with E-state index in [1.165, 1.54) is 109 Å². The van der Waals surface area contributed by atoms with Crippen LogP contribution < -0.4 is 0 Å². The molecule has 0 saturated heterocycles. The zero-order valence-corrected chi connectivity index (χ0v) is 20.1. The summed E-state index contributed by atoms with van der Waals surface area (Å²) in [5.74, 6) is 0. The molecule has 0 N–H and O–H groups in total. The summed E-state index contributed by atoms with van der Waals surface area (Å²) in [5, 5.41) is 0. The molecule has 0 aliphatic carbocycles. The fraction of sp³-hybridized carbons (Fsp3) is 0.600. The van der Waals surface area contributed by atoms with Crippen molar-refractivity contribution in [2.24, 2.45) is 0 Å². The van der Waals surface area contributed by atoms with Crippen molar-refractivity contribution in [3.8, 4) is 0 Å². The van der Waals surface area contributed by atoms with Crippen LogP contribution in [0.4, 0.5) is 0 Å². The summed E-state index contributed by atoms with van der Waals surface area (Å²) in [4.78, 5) is 0. The first-order valence-electron chi connectivity index (χ1n) is 12.9. The number of unbranched alkanes of at least 4 members (excludes halogenated alkanes) is 16. The van der Waals surface area contributed by atoms with Crippen LogP contribution in [0.3, 0.4) is 0 Å². The lowest BCUT2D eigenvalue weighted by Crippen LogP contribution is -1.83. The van der Waals surface area contributed by atoms with E-state index < -0.39 is 0 Å². The molecule has 0 aromatic heterocycles. The van der Waals surface area contributed by atoms with Gasteiger partial charge in [0, 0.05) is 0 Å². The average molecular weight is 411 g/mol. The molecule has 170 valence electrons. The van der Waals surface area contributed by atoms with E-state index in [1.54, 1.807) is 6.08 Å². The highest BCUT2D eigenvalue weighted by Crippen LogP contribution is 2.14. The Morgan fingerprint density at radius 1 is 0.400 bits per heavy atom. The van der Waals surface area contributed by atoms with Crippen molar-refractivity contribution in [1.82, 2.24) is 0 Å². The maximum Gasteiger partial charge on any atom is -0.0348 e. The van der Waals surface area contributed by atoms with E-state index in [9.17, 15) is 0 Å². The summed E-state index contributed by atoms with van der Waals surface area (Å²) in [7, 11) is 0. The summed E-state index contributed by atoms with van der Waals surface area (Å²) in [6.07, 6.45) is 46.6. The zero-order chi connectivity index (χ0) is 21.8. The van der Waals surface area contributed by atoms with Crippen molar-refractivity contribution >= 4 is 0 Å². The van der Waals surface area contributed by atoms with E-state index in [0.717, 1.165) is 0 Å². The van der Waals surface area contributed by atoms with Gasteiger partial charge in [-0.2, -0.15) is 0 Å². The summed E-state index contributed by atoms with van der Waals surface area (Å²) < 4.78 is 0. The Morgan fingerprint density at radius 3 is 1.13 bits per heavy atom. The lowest BCUT2D eigenvalue weighted by atomic mass is 10.0. The minimum absolute atomic E-state index is 1.21. The van der Waals surface area contributed by atoms with Crippen LogP contribution in [0, 0.1) is 0 Å². The average Bonchev–Trinajstić information content (AvgIpc) is 2.76. The number of allylic oxidation sites excluding steroid dienone is 11. The molecule has 0 heterocycles. The molecule has 0 atom stereocenters. The third kappa shape index (κ3) is 26.4. The summed E-state index contributed by atoms with van der Waals surface area (Å²) in [6.45, 7) is 5.93. The molecule has 0 fully saturated rings. The van der Waals surface area contributed by atoms with Gasteiger partial charge in [0.25, 0.3) is 0 Å². The van der Waals surface area contributed by atoms with Crippen molar-refractivity contribution < 1.29 is 0 Å². The van der Waals surface area contributed by atoms with E-state index >= 15 is 0 Å². The molecule has 0 rings (SSSR count). The number of hydrogen-bond acceptors (Lipinski definition) is 0. The fourth-order valence-corrected chi connectivity index (χ4v) is 3.51. The molecular formula is C30H50. The Morgan fingerprint density at radius 2 is 0.733 bits per heavy atom. The minimum atomic E-state index is 1.21. The first-order chi connectivity index (χ1) is 14.9. The van der Waals surface area contributed by atoms with Gasteiger partial charge in [-0.05, 0) is 12.8 Å². The van der Waals surface area contributed by atoms with Crippen LogP contribution >= 0.6 is 0 Å². The molecule has 0 heteroatoms. The quantitative estimate of drug-likeness (QED) is 0.123. The van der Waals surface area contributed by atoms with Gasteiger partial charge in [-0.3, -0.25) is 0 Å². The molecule has 0 spiro atoms.